The van der Waals surface area contributed by atoms with Crippen LogP contribution in [0.1, 0.15) is 126 Å². The first-order valence-corrected chi connectivity index (χ1v) is 19.0. The molecule has 0 bridgehead atoms. The van der Waals surface area contributed by atoms with Gasteiger partial charge < -0.3 is 14.9 Å². The molecule has 5 aromatic rings. The summed E-state index contributed by atoms with van der Waals surface area (Å²) in [6.07, 6.45) is 2.12. The third-order valence-electron chi connectivity index (χ3n) is 9.94. The van der Waals surface area contributed by atoms with Crippen molar-refractivity contribution in [2.75, 3.05) is 0 Å². The Morgan fingerprint density at radius 2 is 0.956 bits per heavy atom. The van der Waals surface area contributed by atoms with Gasteiger partial charge in [0, 0.05) is 8.07 Å². The van der Waals surface area contributed by atoms with Crippen LogP contribution in [-0.4, -0.2) is 8.07 Å². The maximum absolute atomic E-state index is 2.69. The fourth-order valence-corrected chi connectivity index (χ4v) is 12.6. The summed E-state index contributed by atoms with van der Waals surface area (Å²) in [6, 6.07) is 26.8. The zero-order chi connectivity index (χ0) is 30.5. The molecule has 0 spiro atoms. The number of fused-ring (bicyclic) bond motifs is 2. The summed E-state index contributed by atoms with van der Waals surface area (Å²) in [5.41, 5.74) is 9.08. The molecule has 0 fully saturated rings. The predicted octanol–water partition coefficient (Wildman–Crippen LogP) is 11.0. The van der Waals surface area contributed by atoms with Crippen LogP contribution in [0.5, 0.6) is 0 Å². The van der Waals surface area contributed by atoms with Gasteiger partial charge in [0.2, 0.25) is 0 Å². The van der Waals surface area contributed by atoms with E-state index in [0.29, 0.717) is 23.7 Å². The predicted molar refractivity (Wildman–Crippen MR) is 204 cm³/mol. The molecule has 0 saturated heterocycles. The van der Waals surface area contributed by atoms with Gasteiger partial charge in [-0.2, -0.15) is 10.4 Å². The van der Waals surface area contributed by atoms with Crippen LogP contribution in [0.2, 0.25) is 6.55 Å². The maximum atomic E-state index is 2.69. The van der Waals surface area contributed by atoms with Crippen molar-refractivity contribution in [3.05, 3.63) is 115 Å². The van der Waals surface area contributed by atoms with Gasteiger partial charge >= 0.3 is 25.8 Å². The Bertz CT molecular complexity index is 1600. The molecule has 2 heteroatoms. The van der Waals surface area contributed by atoms with Crippen LogP contribution in [-0.2, 0) is 38.7 Å². The SMILES string of the molecule is CCc1[cH-]c2cc(C(C)C)cc(C(C)C)c2c1[Si](C)(c1ccccc1)c1c(CC)[cH-]c2cc(C(C)C)cc(C(C)C)c12.[CH3-].[CH3-].[Hf+4]. The van der Waals surface area contributed by atoms with E-state index in [9.17, 15) is 0 Å². The monoisotopic (exact) mass is 782 g/mol. The molecule has 5 rings (SSSR count). The third-order valence-corrected chi connectivity index (χ3v) is 14.6. The molecular formula is C43H58HfSi. The molecule has 0 atom stereocenters. The summed E-state index contributed by atoms with van der Waals surface area (Å²) in [6.45, 7) is 26.3. The minimum Gasteiger partial charge on any atom is -0.358 e. The molecule has 0 aliphatic rings. The van der Waals surface area contributed by atoms with Crippen molar-refractivity contribution in [3.8, 4) is 0 Å². The van der Waals surface area contributed by atoms with E-state index >= 15 is 0 Å². The largest absolute Gasteiger partial charge is 4.00 e. The second-order valence-electron chi connectivity index (χ2n) is 14.1. The molecule has 0 unspecified atom stereocenters. The van der Waals surface area contributed by atoms with Gasteiger partial charge in [-0.15, -0.1) is 56.9 Å². The van der Waals surface area contributed by atoms with Crippen molar-refractivity contribution >= 4 is 45.2 Å². The molecule has 0 saturated carbocycles. The van der Waals surface area contributed by atoms with E-state index in [1.54, 1.807) is 32.3 Å². The van der Waals surface area contributed by atoms with E-state index in [0.717, 1.165) is 12.8 Å². The van der Waals surface area contributed by atoms with E-state index in [2.05, 4.69) is 143 Å². The Morgan fingerprint density at radius 3 is 1.27 bits per heavy atom. The normalized spacial score (nSPS) is 11.9. The van der Waals surface area contributed by atoms with Gasteiger partial charge in [0.25, 0.3) is 0 Å². The van der Waals surface area contributed by atoms with Crippen LogP contribution >= 0.6 is 0 Å². The first-order chi connectivity index (χ1) is 19.9. The van der Waals surface area contributed by atoms with Crippen LogP contribution in [0.4, 0.5) is 0 Å². The van der Waals surface area contributed by atoms with E-state index < -0.39 is 8.07 Å². The molecule has 0 N–H and O–H groups in total. The molecule has 0 nitrogen and oxygen atoms in total. The second kappa shape index (κ2) is 15.2. The average Bonchev–Trinajstić information content (AvgIpc) is 3.54. The Balaban J connectivity index is 0.00000235. The van der Waals surface area contributed by atoms with Crippen LogP contribution in [0.15, 0.2) is 66.7 Å². The fraction of sp³-hybridized carbons (Fsp3) is 0.395. The second-order valence-corrected chi connectivity index (χ2v) is 17.9. The van der Waals surface area contributed by atoms with E-state index in [1.165, 1.54) is 38.2 Å². The Hall–Kier alpha value is -2.03. The number of rotatable bonds is 9. The summed E-state index contributed by atoms with van der Waals surface area (Å²) in [5.74, 6) is 1.96. The Labute approximate surface area is 296 Å². The summed E-state index contributed by atoms with van der Waals surface area (Å²) in [5, 5.41) is 10.8. The summed E-state index contributed by atoms with van der Waals surface area (Å²) in [4.78, 5) is 0. The minimum atomic E-state index is -2.48. The smallest absolute Gasteiger partial charge is 0.358 e. The molecule has 0 heterocycles. The van der Waals surface area contributed by atoms with E-state index in [1.807, 2.05) is 0 Å². The maximum Gasteiger partial charge on any atom is 4.00 e. The van der Waals surface area contributed by atoms with Crippen molar-refractivity contribution in [3.63, 3.8) is 0 Å². The number of aryl methyl sites for hydroxylation is 2. The van der Waals surface area contributed by atoms with Gasteiger partial charge in [-0.3, -0.25) is 0 Å². The van der Waals surface area contributed by atoms with Crippen molar-refractivity contribution in [1.29, 1.82) is 0 Å². The van der Waals surface area contributed by atoms with Crippen LogP contribution < -0.4 is 15.6 Å². The summed E-state index contributed by atoms with van der Waals surface area (Å²) in [7, 11) is -2.48. The molecule has 45 heavy (non-hydrogen) atoms. The molecule has 238 valence electrons. The van der Waals surface area contributed by atoms with Gasteiger partial charge in [-0.25, -0.2) is 0 Å². The van der Waals surface area contributed by atoms with Gasteiger partial charge in [-0.1, -0.05) is 146 Å². The molecule has 0 aliphatic carbocycles. The first-order valence-electron chi connectivity index (χ1n) is 16.5. The molecule has 5 aromatic carbocycles. The van der Waals surface area contributed by atoms with E-state index in [-0.39, 0.29) is 40.7 Å². The quantitative estimate of drug-likeness (QED) is 0.103. The van der Waals surface area contributed by atoms with Crippen molar-refractivity contribution in [2.45, 2.75) is 112 Å². The average molecular weight is 782 g/mol. The van der Waals surface area contributed by atoms with Crippen LogP contribution in [0.25, 0.3) is 21.5 Å². The molecular weight excluding hydrogens is 723 g/mol. The zero-order valence-corrected chi connectivity index (χ0v) is 35.2. The first kappa shape index (κ1) is 39.1. The summed E-state index contributed by atoms with van der Waals surface area (Å²) < 4.78 is 0. The van der Waals surface area contributed by atoms with Gasteiger partial charge in [0.1, 0.15) is 0 Å². The molecule has 0 radical (unpaired) electrons. The van der Waals surface area contributed by atoms with Crippen molar-refractivity contribution in [2.24, 2.45) is 0 Å². The van der Waals surface area contributed by atoms with Crippen LogP contribution in [0, 0.1) is 14.9 Å². The number of benzene rings is 3. The fourth-order valence-electron chi connectivity index (χ4n) is 7.53. The zero-order valence-electron chi connectivity index (χ0n) is 30.6. The Morgan fingerprint density at radius 1 is 0.578 bits per heavy atom. The van der Waals surface area contributed by atoms with Crippen LogP contribution in [0.3, 0.4) is 0 Å². The molecule has 0 aromatic heterocycles. The molecule has 0 amide bonds. The van der Waals surface area contributed by atoms with Gasteiger partial charge in [0.15, 0.2) is 0 Å². The standard InChI is InChI=1S/C41H52Si.2CH3.Hf/c1-12-29-19-33-21-31(25(3)4)23-36(27(7)8)38(33)40(29)42(11,35-17-15-14-16-18-35)41-30(13-2)20-34-22-32(26(5)6)24-37(28(9)10)39(34)41;;;/h14-28H,12-13H2,1-11H3;2*1H3;/q-2;2*-1;+4. The van der Waals surface area contributed by atoms with Gasteiger partial charge in [-0.05, 0) is 36.5 Å². The van der Waals surface area contributed by atoms with Gasteiger partial charge in [0.05, 0.1) is 0 Å². The molecule has 0 aliphatic heterocycles. The van der Waals surface area contributed by atoms with Crippen molar-refractivity contribution in [1.82, 2.24) is 0 Å². The van der Waals surface area contributed by atoms with E-state index in [4.69, 9.17) is 0 Å². The summed E-state index contributed by atoms with van der Waals surface area (Å²) >= 11 is 0. The van der Waals surface area contributed by atoms with Crippen molar-refractivity contribution < 1.29 is 25.8 Å². The third kappa shape index (κ3) is 6.71. The minimum absolute atomic E-state index is 0. The number of hydrogen-bond acceptors (Lipinski definition) is 0. The Kier molecular flexibility index (Phi) is 13.3. The topological polar surface area (TPSA) is 0 Å². The number of hydrogen-bond donors (Lipinski definition) is 0.